The first kappa shape index (κ1) is 13.2. The molecule has 0 aliphatic rings. The molecule has 0 aliphatic carbocycles. The lowest BCUT2D eigenvalue weighted by molar-refractivity contribution is 0.879. The van der Waals surface area contributed by atoms with E-state index in [1.54, 1.807) is 0 Å². The van der Waals surface area contributed by atoms with E-state index in [0.717, 1.165) is 10.9 Å². The van der Waals surface area contributed by atoms with Crippen LogP contribution in [0.2, 0.25) is 0 Å². The molecule has 0 radical (unpaired) electrons. The van der Waals surface area contributed by atoms with Crippen LogP contribution in [0, 0.1) is 0 Å². The van der Waals surface area contributed by atoms with E-state index in [-0.39, 0.29) is 0 Å². The van der Waals surface area contributed by atoms with Gasteiger partial charge in [-0.2, -0.15) is 0 Å². The largest absolute Gasteiger partial charge is 0.378 e. The number of anilines is 1. The Labute approximate surface area is 117 Å². The molecule has 1 nitrogen and oxygen atoms in total. The standard InChI is InChI=1S/C16H18BrN/c1-3-13-6-4-5-7-16(13)18-12(2)14-8-10-15(17)11-9-14/h4-12,18H,3H2,1-2H3. The molecule has 1 N–H and O–H groups in total. The molecule has 1 unspecified atom stereocenters. The van der Waals surface area contributed by atoms with E-state index in [1.807, 2.05) is 0 Å². The molecule has 2 aromatic carbocycles. The number of hydrogen-bond donors (Lipinski definition) is 1. The minimum absolute atomic E-state index is 0.311. The van der Waals surface area contributed by atoms with Gasteiger partial charge in [0.1, 0.15) is 0 Å². The summed E-state index contributed by atoms with van der Waals surface area (Å²) in [7, 11) is 0. The molecule has 0 saturated heterocycles. The van der Waals surface area contributed by atoms with Gasteiger partial charge >= 0.3 is 0 Å². The van der Waals surface area contributed by atoms with Crippen LogP contribution in [0.5, 0.6) is 0 Å². The maximum Gasteiger partial charge on any atom is 0.0485 e. The second-order valence-electron chi connectivity index (χ2n) is 4.43. The van der Waals surface area contributed by atoms with Crippen LogP contribution in [0.15, 0.2) is 53.0 Å². The van der Waals surface area contributed by atoms with Crippen molar-refractivity contribution in [3.05, 3.63) is 64.1 Å². The summed E-state index contributed by atoms with van der Waals surface area (Å²) in [6.07, 6.45) is 1.05. The molecule has 0 aliphatic heterocycles. The predicted octanol–water partition coefficient (Wildman–Crippen LogP) is 5.18. The maximum absolute atomic E-state index is 3.58. The number of aryl methyl sites for hydroxylation is 1. The first-order valence-electron chi connectivity index (χ1n) is 6.30. The highest BCUT2D eigenvalue weighted by atomic mass is 79.9. The molecule has 0 aromatic heterocycles. The summed E-state index contributed by atoms with van der Waals surface area (Å²) in [5.74, 6) is 0. The van der Waals surface area contributed by atoms with E-state index >= 15 is 0 Å². The van der Waals surface area contributed by atoms with Crippen molar-refractivity contribution in [3.63, 3.8) is 0 Å². The minimum Gasteiger partial charge on any atom is -0.378 e. The van der Waals surface area contributed by atoms with E-state index in [9.17, 15) is 0 Å². The second kappa shape index (κ2) is 6.05. The second-order valence-corrected chi connectivity index (χ2v) is 5.34. The molecule has 2 rings (SSSR count). The SMILES string of the molecule is CCc1ccccc1NC(C)c1ccc(Br)cc1. The van der Waals surface area contributed by atoms with E-state index in [2.05, 4.69) is 83.6 Å². The number of benzene rings is 2. The number of halogens is 1. The fourth-order valence-electron chi connectivity index (χ4n) is 2.04. The van der Waals surface area contributed by atoms with Crippen LogP contribution < -0.4 is 5.32 Å². The van der Waals surface area contributed by atoms with E-state index < -0.39 is 0 Å². The third-order valence-corrected chi connectivity index (χ3v) is 3.67. The zero-order valence-corrected chi connectivity index (χ0v) is 12.4. The Morgan fingerprint density at radius 1 is 1.06 bits per heavy atom. The molecule has 0 amide bonds. The summed E-state index contributed by atoms with van der Waals surface area (Å²) >= 11 is 3.46. The normalized spacial score (nSPS) is 12.2. The smallest absolute Gasteiger partial charge is 0.0485 e. The first-order valence-corrected chi connectivity index (χ1v) is 7.10. The average Bonchev–Trinajstić information content (AvgIpc) is 2.40. The van der Waals surface area contributed by atoms with Crippen molar-refractivity contribution in [3.8, 4) is 0 Å². The molecule has 0 saturated carbocycles. The fourth-order valence-corrected chi connectivity index (χ4v) is 2.30. The highest BCUT2D eigenvalue weighted by Crippen LogP contribution is 2.23. The van der Waals surface area contributed by atoms with Gasteiger partial charge in [0.25, 0.3) is 0 Å². The lowest BCUT2D eigenvalue weighted by Gasteiger charge is -2.18. The van der Waals surface area contributed by atoms with Crippen molar-refractivity contribution in [1.29, 1.82) is 0 Å². The zero-order valence-electron chi connectivity index (χ0n) is 10.8. The predicted molar refractivity (Wildman–Crippen MR) is 82.0 cm³/mol. The lowest BCUT2D eigenvalue weighted by Crippen LogP contribution is -2.08. The lowest BCUT2D eigenvalue weighted by atomic mass is 10.1. The maximum atomic E-state index is 3.58. The Balaban J connectivity index is 2.15. The molecule has 18 heavy (non-hydrogen) atoms. The molecular weight excluding hydrogens is 286 g/mol. The third kappa shape index (κ3) is 3.14. The summed E-state index contributed by atoms with van der Waals surface area (Å²) in [6, 6.07) is 17.3. The van der Waals surface area contributed by atoms with Gasteiger partial charge in [-0.05, 0) is 42.7 Å². The molecule has 94 valence electrons. The summed E-state index contributed by atoms with van der Waals surface area (Å²) in [5.41, 5.74) is 3.89. The Morgan fingerprint density at radius 2 is 1.72 bits per heavy atom. The van der Waals surface area contributed by atoms with Crippen molar-refractivity contribution in [2.75, 3.05) is 5.32 Å². The topological polar surface area (TPSA) is 12.0 Å². The van der Waals surface area contributed by atoms with E-state index in [1.165, 1.54) is 16.8 Å². The molecule has 2 aromatic rings. The van der Waals surface area contributed by atoms with Crippen molar-refractivity contribution in [2.24, 2.45) is 0 Å². The quantitative estimate of drug-likeness (QED) is 0.820. The van der Waals surface area contributed by atoms with Gasteiger partial charge < -0.3 is 5.32 Å². The van der Waals surface area contributed by atoms with Crippen LogP contribution in [-0.2, 0) is 6.42 Å². The first-order chi connectivity index (χ1) is 8.70. The Bertz CT molecular complexity index is 505. The highest BCUT2D eigenvalue weighted by molar-refractivity contribution is 9.10. The summed E-state index contributed by atoms with van der Waals surface area (Å²) in [5, 5.41) is 3.58. The van der Waals surface area contributed by atoms with Crippen LogP contribution in [0.25, 0.3) is 0 Å². The van der Waals surface area contributed by atoms with Crippen molar-refractivity contribution in [1.82, 2.24) is 0 Å². The van der Waals surface area contributed by atoms with Gasteiger partial charge in [-0.3, -0.25) is 0 Å². The third-order valence-electron chi connectivity index (χ3n) is 3.14. The summed E-state index contributed by atoms with van der Waals surface area (Å²) < 4.78 is 1.12. The van der Waals surface area contributed by atoms with Crippen molar-refractivity contribution in [2.45, 2.75) is 26.3 Å². The number of para-hydroxylation sites is 1. The van der Waals surface area contributed by atoms with E-state index in [0.29, 0.717) is 6.04 Å². The van der Waals surface area contributed by atoms with Crippen LogP contribution in [0.4, 0.5) is 5.69 Å². The zero-order chi connectivity index (χ0) is 13.0. The van der Waals surface area contributed by atoms with Crippen molar-refractivity contribution >= 4 is 21.6 Å². The molecule has 1 atom stereocenters. The Morgan fingerprint density at radius 3 is 2.39 bits per heavy atom. The van der Waals surface area contributed by atoms with Crippen LogP contribution in [-0.4, -0.2) is 0 Å². The summed E-state index contributed by atoms with van der Waals surface area (Å²) in [4.78, 5) is 0. The van der Waals surface area contributed by atoms with Gasteiger partial charge in [0.2, 0.25) is 0 Å². The average molecular weight is 304 g/mol. The van der Waals surface area contributed by atoms with Gasteiger partial charge in [0.15, 0.2) is 0 Å². The van der Waals surface area contributed by atoms with Gasteiger partial charge in [-0.1, -0.05) is 53.2 Å². The van der Waals surface area contributed by atoms with Crippen LogP contribution >= 0.6 is 15.9 Å². The van der Waals surface area contributed by atoms with Gasteiger partial charge in [0.05, 0.1) is 0 Å². The van der Waals surface area contributed by atoms with Gasteiger partial charge in [-0.15, -0.1) is 0 Å². The number of hydrogen-bond acceptors (Lipinski definition) is 1. The van der Waals surface area contributed by atoms with Crippen LogP contribution in [0.3, 0.4) is 0 Å². The van der Waals surface area contributed by atoms with Gasteiger partial charge in [-0.25, -0.2) is 0 Å². The fraction of sp³-hybridized carbons (Fsp3) is 0.250. The molecule has 2 heteroatoms. The minimum atomic E-state index is 0.311. The van der Waals surface area contributed by atoms with Gasteiger partial charge in [0, 0.05) is 16.2 Å². The Kier molecular flexibility index (Phi) is 4.43. The monoisotopic (exact) mass is 303 g/mol. The number of rotatable bonds is 4. The van der Waals surface area contributed by atoms with Crippen molar-refractivity contribution < 1.29 is 0 Å². The molecule has 0 fully saturated rings. The molecule has 0 heterocycles. The van der Waals surface area contributed by atoms with Crippen LogP contribution in [0.1, 0.15) is 31.0 Å². The number of nitrogens with one attached hydrogen (secondary N) is 1. The molecule has 0 spiro atoms. The molecular formula is C16H18BrN. The molecule has 0 bridgehead atoms. The van der Waals surface area contributed by atoms with E-state index in [4.69, 9.17) is 0 Å². The Hall–Kier alpha value is -1.28. The highest BCUT2D eigenvalue weighted by Gasteiger charge is 2.07. The summed E-state index contributed by atoms with van der Waals surface area (Å²) in [6.45, 7) is 4.38.